The molecule has 1 atom stereocenters. The molecule has 3 rings (SSSR count). The van der Waals surface area contributed by atoms with E-state index in [4.69, 9.17) is 13.9 Å². The van der Waals surface area contributed by atoms with Crippen LogP contribution in [-0.4, -0.2) is 37.2 Å². The third-order valence-corrected chi connectivity index (χ3v) is 5.26. The maximum atomic E-state index is 12.5. The second-order valence-corrected chi connectivity index (χ2v) is 7.41. The number of methoxy groups -OCH3 is 2. The largest absolute Gasteiger partial charge is 0.496 e. The number of benzene rings is 2. The number of allylic oxidation sites excluding steroid dienone is 1. The topological polar surface area (TPSA) is 98.0 Å². The Morgan fingerprint density at radius 3 is 2.50 bits per heavy atom. The van der Waals surface area contributed by atoms with Crippen molar-refractivity contribution in [2.45, 2.75) is 32.7 Å². The van der Waals surface area contributed by atoms with Gasteiger partial charge in [-0.1, -0.05) is 31.5 Å². The molecule has 7 heteroatoms. The number of ether oxygens (including phenoxy) is 2. The lowest BCUT2D eigenvalue weighted by molar-refractivity contribution is -0.141. The van der Waals surface area contributed by atoms with Crippen molar-refractivity contribution < 1.29 is 28.6 Å². The third-order valence-electron chi connectivity index (χ3n) is 5.26. The van der Waals surface area contributed by atoms with Gasteiger partial charge in [0.1, 0.15) is 23.1 Å². The molecule has 0 saturated heterocycles. The highest BCUT2D eigenvalue weighted by Crippen LogP contribution is 2.40. The highest BCUT2D eigenvalue weighted by atomic mass is 16.5. The molecule has 1 heterocycles. The normalized spacial score (nSPS) is 12.4. The Hall–Kier alpha value is -3.74. The van der Waals surface area contributed by atoms with E-state index in [1.54, 1.807) is 33.5 Å². The van der Waals surface area contributed by atoms with Crippen LogP contribution in [0.4, 0.5) is 0 Å². The highest BCUT2D eigenvalue weighted by molar-refractivity contribution is 6.01. The van der Waals surface area contributed by atoms with Crippen LogP contribution in [0, 0.1) is 0 Å². The molecule has 0 radical (unpaired) electrons. The van der Waals surface area contributed by atoms with Crippen LogP contribution in [0.25, 0.3) is 27.7 Å². The number of fused-ring (bicyclic) bond motifs is 1. The summed E-state index contributed by atoms with van der Waals surface area (Å²) in [4.78, 5) is 23.8. The van der Waals surface area contributed by atoms with E-state index < -0.39 is 17.9 Å². The quantitative estimate of drug-likeness (QED) is 0.463. The van der Waals surface area contributed by atoms with Crippen LogP contribution < -0.4 is 14.8 Å². The maximum absolute atomic E-state index is 12.5. The van der Waals surface area contributed by atoms with Gasteiger partial charge in [-0.15, -0.1) is 0 Å². The lowest BCUT2D eigenvalue weighted by Gasteiger charge is -2.13. The van der Waals surface area contributed by atoms with Gasteiger partial charge in [0.15, 0.2) is 0 Å². The summed E-state index contributed by atoms with van der Waals surface area (Å²) in [6.45, 7) is 3.65. The van der Waals surface area contributed by atoms with Crippen molar-refractivity contribution in [2.24, 2.45) is 0 Å². The van der Waals surface area contributed by atoms with E-state index in [-0.39, 0.29) is 0 Å². The molecule has 0 fully saturated rings. The lowest BCUT2D eigenvalue weighted by Crippen LogP contribution is -2.39. The summed E-state index contributed by atoms with van der Waals surface area (Å²) in [5, 5.41) is 12.7. The fraction of sp³-hybridized carbons (Fsp3) is 0.280. The summed E-state index contributed by atoms with van der Waals surface area (Å²) in [5.74, 6) is -0.258. The second-order valence-electron chi connectivity index (χ2n) is 7.41. The number of hydrogen-bond donors (Lipinski definition) is 2. The number of carbonyl (C=O) groups is 2. The molecule has 0 spiro atoms. The molecule has 0 bridgehead atoms. The van der Waals surface area contributed by atoms with E-state index in [1.807, 2.05) is 37.3 Å². The molecule has 0 aliphatic carbocycles. The minimum absolute atomic E-state index is 0.362. The van der Waals surface area contributed by atoms with Crippen LogP contribution >= 0.6 is 0 Å². The number of carboxylic acid groups (broad SMARTS) is 1. The van der Waals surface area contributed by atoms with Gasteiger partial charge in [-0.25, -0.2) is 4.79 Å². The molecule has 1 aromatic heterocycles. The monoisotopic (exact) mass is 437 g/mol. The van der Waals surface area contributed by atoms with Crippen LogP contribution in [0.1, 0.15) is 32.3 Å². The zero-order chi connectivity index (χ0) is 23.3. The van der Waals surface area contributed by atoms with Crippen molar-refractivity contribution in [3.05, 3.63) is 54.3 Å². The van der Waals surface area contributed by atoms with Crippen LogP contribution in [0.2, 0.25) is 0 Å². The fourth-order valence-electron chi connectivity index (χ4n) is 3.64. The number of amides is 1. The number of furan rings is 1. The van der Waals surface area contributed by atoms with E-state index in [0.717, 1.165) is 22.3 Å². The number of para-hydroxylation sites is 1. The molecule has 2 N–H and O–H groups in total. The Balaban J connectivity index is 2.03. The summed E-state index contributed by atoms with van der Waals surface area (Å²) in [6, 6.07) is 10.4. The van der Waals surface area contributed by atoms with Gasteiger partial charge in [0, 0.05) is 34.2 Å². The third kappa shape index (κ3) is 4.77. The maximum Gasteiger partial charge on any atom is 0.326 e. The summed E-state index contributed by atoms with van der Waals surface area (Å²) in [5.41, 5.74) is 3.71. The minimum atomic E-state index is -1.05. The van der Waals surface area contributed by atoms with E-state index in [9.17, 15) is 14.7 Å². The predicted molar refractivity (Wildman–Crippen MR) is 123 cm³/mol. The molecule has 168 valence electrons. The number of rotatable bonds is 9. The van der Waals surface area contributed by atoms with Gasteiger partial charge in [0.25, 0.3) is 0 Å². The van der Waals surface area contributed by atoms with Crippen molar-refractivity contribution in [1.82, 2.24) is 5.32 Å². The van der Waals surface area contributed by atoms with E-state index in [1.165, 1.54) is 6.08 Å². The summed E-state index contributed by atoms with van der Waals surface area (Å²) in [6.07, 6.45) is 4.06. The molecule has 3 aromatic rings. The first-order valence-electron chi connectivity index (χ1n) is 10.3. The highest BCUT2D eigenvalue weighted by Gasteiger charge is 2.19. The minimum Gasteiger partial charge on any atom is -0.496 e. The van der Waals surface area contributed by atoms with Crippen molar-refractivity contribution in [3.8, 4) is 22.6 Å². The van der Waals surface area contributed by atoms with Gasteiger partial charge in [-0.05, 0) is 31.1 Å². The van der Waals surface area contributed by atoms with E-state index in [0.29, 0.717) is 35.3 Å². The molecular formula is C25H27NO6. The summed E-state index contributed by atoms with van der Waals surface area (Å²) in [7, 11) is 3.16. The molecular weight excluding hydrogens is 410 g/mol. The van der Waals surface area contributed by atoms with Crippen molar-refractivity contribution >= 4 is 28.4 Å². The number of carbonyl (C=O) groups excluding carboxylic acids is 1. The molecule has 7 nitrogen and oxygen atoms in total. The van der Waals surface area contributed by atoms with Crippen LogP contribution in [0.3, 0.4) is 0 Å². The second kappa shape index (κ2) is 10.0. The summed E-state index contributed by atoms with van der Waals surface area (Å²) >= 11 is 0. The first-order chi connectivity index (χ1) is 15.4. The molecule has 1 unspecified atom stereocenters. The van der Waals surface area contributed by atoms with Gasteiger partial charge in [-0.3, -0.25) is 4.79 Å². The first kappa shape index (κ1) is 22.9. The zero-order valence-electron chi connectivity index (χ0n) is 18.6. The number of hydrogen-bond acceptors (Lipinski definition) is 5. The Kier molecular flexibility index (Phi) is 7.20. The fourth-order valence-corrected chi connectivity index (χ4v) is 3.64. The van der Waals surface area contributed by atoms with Crippen molar-refractivity contribution in [3.63, 3.8) is 0 Å². The predicted octanol–water partition coefficient (Wildman–Crippen LogP) is 4.89. The Morgan fingerprint density at radius 2 is 1.84 bits per heavy atom. The Bertz CT molecular complexity index is 1160. The van der Waals surface area contributed by atoms with E-state index >= 15 is 0 Å². The first-order valence-corrected chi connectivity index (χ1v) is 10.3. The molecule has 32 heavy (non-hydrogen) atoms. The zero-order valence-corrected chi connectivity index (χ0v) is 18.6. The number of aliphatic carboxylic acids is 1. The Morgan fingerprint density at radius 1 is 1.12 bits per heavy atom. The van der Waals surface area contributed by atoms with E-state index in [2.05, 4.69) is 5.32 Å². The average Bonchev–Trinajstić information content (AvgIpc) is 3.20. The van der Waals surface area contributed by atoms with Gasteiger partial charge in [-0.2, -0.15) is 0 Å². The van der Waals surface area contributed by atoms with Crippen LogP contribution in [0.5, 0.6) is 11.5 Å². The number of carboxylic acids is 1. The Labute approximate surface area is 186 Å². The summed E-state index contributed by atoms with van der Waals surface area (Å²) < 4.78 is 16.8. The van der Waals surface area contributed by atoms with Crippen LogP contribution in [0.15, 0.2) is 53.2 Å². The molecule has 0 aliphatic rings. The smallest absolute Gasteiger partial charge is 0.326 e. The average molecular weight is 437 g/mol. The van der Waals surface area contributed by atoms with Crippen LogP contribution in [-0.2, 0) is 9.59 Å². The molecule has 1 amide bonds. The lowest BCUT2D eigenvalue weighted by atomic mass is 9.98. The van der Waals surface area contributed by atoms with Gasteiger partial charge in [0.05, 0.1) is 20.5 Å². The van der Waals surface area contributed by atoms with Gasteiger partial charge < -0.3 is 24.3 Å². The van der Waals surface area contributed by atoms with Crippen molar-refractivity contribution in [1.29, 1.82) is 0 Å². The van der Waals surface area contributed by atoms with Crippen molar-refractivity contribution in [2.75, 3.05) is 14.2 Å². The van der Waals surface area contributed by atoms with Gasteiger partial charge in [0.2, 0.25) is 5.91 Å². The molecule has 2 aromatic carbocycles. The standard InChI is InChI=1S/C25H27NO6/c1-5-8-20(25(28)29)26-24(27)11-15(2)17-12-18-19(14-32-23(18)13-22(17)31-4)16-9-6-7-10-21(16)30-3/h6-7,9-14,20H,5,8H2,1-4H3,(H,26,27)(H,28,29)/b15-11+. The van der Waals surface area contributed by atoms with Gasteiger partial charge >= 0.3 is 5.97 Å². The molecule has 0 aliphatic heterocycles. The SMILES string of the molecule is CCCC(NC(=O)/C=C(\C)c1cc2c(-c3ccccc3OC)coc2cc1OC)C(=O)O. The number of nitrogens with one attached hydrogen (secondary N) is 1. The molecule has 0 saturated carbocycles.